The van der Waals surface area contributed by atoms with Gasteiger partial charge in [0.15, 0.2) is 5.69 Å². The zero-order valence-electron chi connectivity index (χ0n) is 12.3. The third kappa shape index (κ3) is 5.03. The quantitative estimate of drug-likeness (QED) is 0.436. The van der Waals surface area contributed by atoms with Gasteiger partial charge in [0.25, 0.3) is 5.69 Å². The molecule has 2 rings (SSSR count). The number of nitrogens with one attached hydrogen (secondary N) is 1. The summed E-state index contributed by atoms with van der Waals surface area (Å²) < 4.78 is 0. The summed E-state index contributed by atoms with van der Waals surface area (Å²) in [6, 6.07) is 6.55. The van der Waals surface area contributed by atoms with Gasteiger partial charge in [0.2, 0.25) is 0 Å². The third-order valence-corrected chi connectivity index (χ3v) is 3.22. The Morgan fingerprint density at radius 2 is 1.91 bits per heavy atom. The summed E-state index contributed by atoms with van der Waals surface area (Å²) in [6.07, 6.45) is 5.25. The van der Waals surface area contributed by atoms with Crippen molar-refractivity contribution in [3.05, 3.63) is 58.0 Å². The Bertz CT molecular complexity index is 611. The Balaban J connectivity index is 1.69. The fraction of sp³-hybridized carbons (Fsp3) is 0.267. The van der Waals surface area contributed by atoms with Gasteiger partial charge in [0.05, 0.1) is 17.3 Å². The van der Waals surface area contributed by atoms with Crippen molar-refractivity contribution in [3.63, 3.8) is 0 Å². The van der Waals surface area contributed by atoms with E-state index in [1.165, 1.54) is 24.5 Å². The van der Waals surface area contributed by atoms with Crippen LogP contribution in [0.1, 0.15) is 28.9 Å². The summed E-state index contributed by atoms with van der Waals surface area (Å²) in [5.74, 6) is -0.572. The van der Waals surface area contributed by atoms with Crippen LogP contribution in [0.15, 0.2) is 36.7 Å². The summed E-state index contributed by atoms with van der Waals surface area (Å²) in [6.45, 7) is 0.689. The highest BCUT2D eigenvalue weighted by Crippen LogP contribution is 2.13. The van der Waals surface area contributed by atoms with Gasteiger partial charge >= 0.3 is 5.97 Å². The molecule has 0 fully saturated rings. The monoisotopic (exact) mass is 316 g/mol. The molecule has 8 nitrogen and oxygen atoms in total. The van der Waals surface area contributed by atoms with Gasteiger partial charge in [0, 0.05) is 18.7 Å². The lowest BCUT2D eigenvalue weighted by atomic mass is 10.1. The van der Waals surface area contributed by atoms with Crippen LogP contribution in [0.3, 0.4) is 0 Å². The van der Waals surface area contributed by atoms with Gasteiger partial charge in [-0.05, 0) is 24.8 Å². The first-order valence-electron chi connectivity index (χ1n) is 7.09. The van der Waals surface area contributed by atoms with E-state index in [0.717, 1.165) is 24.8 Å². The maximum Gasteiger partial charge on any atom is 0.356 e. The Morgan fingerprint density at radius 3 is 2.48 bits per heavy atom. The average Bonchev–Trinajstić information content (AvgIpc) is 2.55. The molecule has 0 atom stereocenters. The summed E-state index contributed by atoms with van der Waals surface area (Å²) in [5, 5.41) is 22.3. The van der Waals surface area contributed by atoms with Crippen LogP contribution < -0.4 is 5.32 Å². The first kappa shape index (κ1) is 16.3. The molecule has 0 unspecified atom stereocenters. The van der Waals surface area contributed by atoms with E-state index < -0.39 is 10.9 Å². The van der Waals surface area contributed by atoms with E-state index in [9.17, 15) is 14.9 Å². The number of non-ortho nitro benzene ring substituents is 1. The minimum Gasteiger partial charge on any atom is -0.476 e. The molecule has 23 heavy (non-hydrogen) atoms. The predicted octanol–water partition coefficient (Wildman–Crippen LogP) is 2.52. The first-order valence-corrected chi connectivity index (χ1v) is 7.09. The van der Waals surface area contributed by atoms with Crippen LogP contribution in [0, 0.1) is 10.1 Å². The minimum atomic E-state index is -1.10. The highest BCUT2D eigenvalue weighted by Gasteiger charge is 2.05. The lowest BCUT2D eigenvalue weighted by molar-refractivity contribution is -0.384. The minimum absolute atomic E-state index is 0.0891. The Hall–Kier alpha value is -3.03. The molecule has 1 aromatic heterocycles. The van der Waals surface area contributed by atoms with Crippen molar-refractivity contribution in [2.24, 2.45) is 0 Å². The van der Waals surface area contributed by atoms with Gasteiger partial charge in [-0.2, -0.15) is 0 Å². The number of nitro groups is 1. The summed E-state index contributed by atoms with van der Waals surface area (Å²) in [4.78, 5) is 28.5. The molecule has 8 heteroatoms. The number of carboxylic acids is 1. The summed E-state index contributed by atoms with van der Waals surface area (Å²) >= 11 is 0. The largest absolute Gasteiger partial charge is 0.476 e. The Kier molecular flexibility index (Phi) is 5.56. The Labute approximate surface area is 132 Å². The smallest absolute Gasteiger partial charge is 0.356 e. The van der Waals surface area contributed by atoms with Crippen molar-refractivity contribution < 1.29 is 14.8 Å². The van der Waals surface area contributed by atoms with E-state index in [1.54, 1.807) is 12.1 Å². The second-order valence-electron chi connectivity index (χ2n) is 4.90. The van der Waals surface area contributed by atoms with Crippen molar-refractivity contribution in [2.75, 3.05) is 11.9 Å². The van der Waals surface area contributed by atoms with Gasteiger partial charge in [-0.1, -0.05) is 12.1 Å². The number of nitrogens with zero attached hydrogens (tertiary/aromatic N) is 3. The number of anilines is 1. The lowest BCUT2D eigenvalue weighted by Crippen LogP contribution is -2.06. The van der Waals surface area contributed by atoms with Gasteiger partial charge in [0.1, 0.15) is 5.82 Å². The molecule has 1 aromatic carbocycles. The Morgan fingerprint density at radius 1 is 1.17 bits per heavy atom. The second-order valence-corrected chi connectivity index (χ2v) is 4.90. The van der Waals surface area contributed by atoms with Gasteiger partial charge in [-0.25, -0.2) is 14.8 Å². The zero-order valence-corrected chi connectivity index (χ0v) is 12.3. The lowest BCUT2D eigenvalue weighted by Gasteiger charge is -2.05. The van der Waals surface area contributed by atoms with Crippen molar-refractivity contribution in [1.82, 2.24) is 9.97 Å². The van der Waals surface area contributed by atoms with E-state index >= 15 is 0 Å². The molecule has 0 amide bonds. The SMILES string of the molecule is O=C(O)c1cnc(NCCCCc2ccc([N+](=O)[O-])cc2)cn1. The number of carbonyl (C=O) groups is 1. The zero-order chi connectivity index (χ0) is 16.7. The van der Waals surface area contributed by atoms with Crippen molar-refractivity contribution in [3.8, 4) is 0 Å². The molecule has 0 saturated carbocycles. The average molecular weight is 316 g/mol. The summed E-state index contributed by atoms with van der Waals surface area (Å²) in [5.41, 5.74) is 1.06. The maximum absolute atomic E-state index is 10.6. The number of benzene rings is 1. The molecule has 2 aromatic rings. The second kappa shape index (κ2) is 7.83. The van der Waals surface area contributed by atoms with Crippen molar-refractivity contribution in [1.29, 1.82) is 0 Å². The van der Waals surface area contributed by atoms with Crippen LogP contribution in [0.25, 0.3) is 0 Å². The molecule has 0 saturated heterocycles. The molecule has 2 N–H and O–H groups in total. The molecule has 0 spiro atoms. The molecular weight excluding hydrogens is 300 g/mol. The summed E-state index contributed by atoms with van der Waals surface area (Å²) in [7, 11) is 0. The van der Waals surface area contributed by atoms with Gasteiger partial charge in [-0.15, -0.1) is 0 Å². The van der Waals surface area contributed by atoms with Crippen molar-refractivity contribution in [2.45, 2.75) is 19.3 Å². The van der Waals surface area contributed by atoms with Gasteiger partial charge < -0.3 is 10.4 Å². The van der Waals surface area contributed by atoms with E-state index in [0.29, 0.717) is 12.4 Å². The molecule has 0 aliphatic rings. The number of unbranched alkanes of at least 4 members (excludes halogenated alkanes) is 1. The molecule has 120 valence electrons. The molecule has 0 radical (unpaired) electrons. The van der Waals surface area contributed by atoms with Crippen LogP contribution in [-0.2, 0) is 6.42 Å². The number of carboxylic acid groups (broad SMARTS) is 1. The molecule has 0 aliphatic carbocycles. The number of hydrogen-bond acceptors (Lipinski definition) is 6. The van der Waals surface area contributed by atoms with Crippen LogP contribution in [0.4, 0.5) is 11.5 Å². The maximum atomic E-state index is 10.6. The van der Waals surface area contributed by atoms with E-state index in [-0.39, 0.29) is 11.4 Å². The number of rotatable bonds is 8. The number of aromatic nitrogens is 2. The molecule has 0 bridgehead atoms. The van der Waals surface area contributed by atoms with E-state index in [1.807, 2.05) is 0 Å². The highest BCUT2D eigenvalue weighted by atomic mass is 16.6. The van der Waals surface area contributed by atoms with Crippen LogP contribution >= 0.6 is 0 Å². The highest BCUT2D eigenvalue weighted by molar-refractivity contribution is 5.84. The normalized spacial score (nSPS) is 10.3. The number of aryl methyl sites for hydroxylation is 1. The standard InChI is InChI=1S/C15H16N4O4/c20-15(21)13-9-18-14(10-17-13)16-8-2-1-3-11-4-6-12(7-5-11)19(22)23/h4-7,9-10H,1-3,8H2,(H,16,18)(H,20,21). The third-order valence-electron chi connectivity index (χ3n) is 3.22. The predicted molar refractivity (Wildman–Crippen MR) is 83.5 cm³/mol. The van der Waals surface area contributed by atoms with Crippen LogP contribution in [0.5, 0.6) is 0 Å². The number of hydrogen-bond donors (Lipinski definition) is 2. The molecule has 1 heterocycles. The van der Waals surface area contributed by atoms with E-state index in [2.05, 4.69) is 15.3 Å². The fourth-order valence-corrected chi connectivity index (χ4v) is 1.98. The molecule has 0 aliphatic heterocycles. The van der Waals surface area contributed by atoms with Gasteiger partial charge in [-0.3, -0.25) is 10.1 Å². The van der Waals surface area contributed by atoms with Crippen molar-refractivity contribution >= 4 is 17.5 Å². The number of nitro benzene ring substituents is 1. The van der Waals surface area contributed by atoms with E-state index in [4.69, 9.17) is 5.11 Å². The number of aromatic carboxylic acids is 1. The fourth-order valence-electron chi connectivity index (χ4n) is 1.98. The van der Waals surface area contributed by atoms with Crippen LogP contribution in [-0.4, -0.2) is 32.5 Å². The first-order chi connectivity index (χ1) is 11.1. The van der Waals surface area contributed by atoms with Crippen LogP contribution in [0.2, 0.25) is 0 Å². The topological polar surface area (TPSA) is 118 Å². The molecular formula is C15H16N4O4.